The van der Waals surface area contributed by atoms with Crippen molar-refractivity contribution in [1.29, 1.82) is 0 Å². The summed E-state index contributed by atoms with van der Waals surface area (Å²) < 4.78 is 27.0. The predicted molar refractivity (Wildman–Crippen MR) is 107 cm³/mol. The largest absolute Gasteiger partial charge is 0.333 e. The fraction of sp³-hybridized carbons (Fsp3) is 0.579. The summed E-state index contributed by atoms with van der Waals surface area (Å²) in [5.74, 6) is -0.406. The third-order valence-electron chi connectivity index (χ3n) is 4.58. The number of aryl methyl sites for hydroxylation is 1. The summed E-state index contributed by atoms with van der Waals surface area (Å²) >= 11 is 0. The molecule has 1 saturated heterocycles. The van der Waals surface area contributed by atoms with Crippen LogP contribution in [0, 0.1) is 6.92 Å². The van der Waals surface area contributed by atoms with E-state index in [1.807, 2.05) is 32.6 Å². The smallest absolute Gasteiger partial charge is 0.321 e. The van der Waals surface area contributed by atoms with Crippen molar-refractivity contribution in [2.24, 2.45) is 0 Å². The van der Waals surface area contributed by atoms with E-state index >= 15 is 0 Å². The molecule has 0 aliphatic carbocycles. The molecular formula is C19H30N4O4S. The van der Waals surface area contributed by atoms with Gasteiger partial charge in [-0.3, -0.25) is 15.0 Å². The first-order valence-corrected chi connectivity index (χ1v) is 10.8. The number of benzene rings is 1. The molecule has 0 bridgehead atoms. The van der Waals surface area contributed by atoms with Crippen molar-refractivity contribution in [2.75, 3.05) is 26.2 Å². The van der Waals surface area contributed by atoms with Crippen molar-refractivity contribution in [2.45, 2.75) is 51.1 Å². The van der Waals surface area contributed by atoms with Crippen molar-refractivity contribution < 1.29 is 18.0 Å². The van der Waals surface area contributed by atoms with Crippen LogP contribution in [0.1, 0.15) is 33.3 Å². The highest BCUT2D eigenvalue weighted by molar-refractivity contribution is 7.89. The van der Waals surface area contributed by atoms with E-state index in [0.717, 1.165) is 5.56 Å². The van der Waals surface area contributed by atoms with Gasteiger partial charge in [0.1, 0.15) is 0 Å². The van der Waals surface area contributed by atoms with Gasteiger partial charge in [0.25, 0.3) is 0 Å². The van der Waals surface area contributed by atoms with Crippen LogP contribution in [0.15, 0.2) is 29.2 Å². The molecule has 9 heteroatoms. The van der Waals surface area contributed by atoms with Gasteiger partial charge in [-0.05, 0) is 46.8 Å². The average molecular weight is 411 g/mol. The number of hydrogen-bond donors (Lipinski definition) is 2. The summed E-state index contributed by atoms with van der Waals surface area (Å²) in [7, 11) is -3.55. The Balaban J connectivity index is 1.93. The van der Waals surface area contributed by atoms with Crippen LogP contribution in [0.4, 0.5) is 4.79 Å². The third kappa shape index (κ3) is 5.76. The standard InChI is InChI=1S/C19H30N4O4S/c1-14-6-8-16(9-7-14)28(26,27)23-12-10-22(11-13-23)15(2)17(24)20-18(25)21-19(3,4)5/h6-9,15H,10-13H2,1-5H3,(H2,20,21,24,25)/t15-/m1/s1. The molecule has 2 rings (SSSR count). The maximum absolute atomic E-state index is 12.8. The molecule has 0 saturated carbocycles. The Bertz CT molecular complexity index is 807. The molecule has 2 N–H and O–H groups in total. The second-order valence-corrected chi connectivity index (χ2v) is 10.1. The molecule has 0 radical (unpaired) electrons. The number of amides is 3. The van der Waals surface area contributed by atoms with Crippen LogP contribution in [0.5, 0.6) is 0 Å². The molecule has 1 fully saturated rings. The molecule has 28 heavy (non-hydrogen) atoms. The van der Waals surface area contributed by atoms with E-state index < -0.39 is 33.5 Å². The van der Waals surface area contributed by atoms with E-state index in [0.29, 0.717) is 26.2 Å². The number of carbonyl (C=O) groups is 2. The monoisotopic (exact) mass is 410 g/mol. The lowest BCUT2D eigenvalue weighted by atomic mass is 10.1. The van der Waals surface area contributed by atoms with Crippen LogP contribution in [-0.4, -0.2) is 67.3 Å². The highest BCUT2D eigenvalue weighted by Crippen LogP contribution is 2.19. The molecule has 1 aliphatic rings. The number of imide groups is 1. The van der Waals surface area contributed by atoms with Crippen LogP contribution in [0.3, 0.4) is 0 Å². The molecule has 1 atom stereocenters. The lowest BCUT2D eigenvalue weighted by Gasteiger charge is -2.36. The van der Waals surface area contributed by atoms with Crippen molar-refractivity contribution in [3.63, 3.8) is 0 Å². The Kier molecular flexibility index (Phi) is 6.84. The number of piperazine rings is 1. The molecule has 156 valence electrons. The quantitative estimate of drug-likeness (QED) is 0.780. The van der Waals surface area contributed by atoms with Crippen molar-refractivity contribution in [3.05, 3.63) is 29.8 Å². The summed E-state index contributed by atoms with van der Waals surface area (Å²) in [6.45, 7) is 10.5. The topological polar surface area (TPSA) is 98.8 Å². The number of rotatable bonds is 4. The normalized spacial score (nSPS) is 17.8. The number of hydrogen-bond acceptors (Lipinski definition) is 5. The van der Waals surface area contributed by atoms with Crippen LogP contribution in [0.2, 0.25) is 0 Å². The number of sulfonamides is 1. The minimum atomic E-state index is -3.55. The molecule has 0 spiro atoms. The highest BCUT2D eigenvalue weighted by Gasteiger charge is 2.32. The van der Waals surface area contributed by atoms with Gasteiger partial charge >= 0.3 is 6.03 Å². The molecule has 1 aromatic carbocycles. The van der Waals surface area contributed by atoms with E-state index in [2.05, 4.69) is 10.6 Å². The number of urea groups is 1. The lowest BCUT2D eigenvalue weighted by molar-refractivity contribution is -0.125. The molecule has 1 aromatic rings. The first-order valence-electron chi connectivity index (χ1n) is 9.34. The Morgan fingerprint density at radius 2 is 1.57 bits per heavy atom. The Hall–Kier alpha value is -1.97. The van der Waals surface area contributed by atoms with Gasteiger partial charge in [0.15, 0.2) is 0 Å². The second kappa shape index (κ2) is 8.59. The van der Waals surface area contributed by atoms with E-state index in [9.17, 15) is 18.0 Å². The van der Waals surface area contributed by atoms with Gasteiger partial charge < -0.3 is 5.32 Å². The number of nitrogens with zero attached hydrogens (tertiary/aromatic N) is 2. The maximum atomic E-state index is 12.8. The van der Waals surface area contributed by atoms with Gasteiger partial charge in [-0.1, -0.05) is 17.7 Å². The highest BCUT2D eigenvalue weighted by atomic mass is 32.2. The van der Waals surface area contributed by atoms with E-state index in [4.69, 9.17) is 0 Å². The van der Waals surface area contributed by atoms with Crippen LogP contribution in [0.25, 0.3) is 0 Å². The summed E-state index contributed by atoms with van der Waals surface area (Å²) in [5.41, 5.74) is 0.558. The summed E-state index contributed by atoms with van der Waals surface area (Å²) in [4.78, 5) is 26.3. The summed E-state index contributed by atoms with van der Waals surface area (Å²) in [6, 6.07) is 5.71. The molecular weight excluding hydrogens is 380 g/mol. The van der Waals surface area contributed by atoms with E-state index in [-0.39, 0.29) is 4.90 Å². The van der Waals surface area contributed by atoms with Crippen molar-refractivity contribution in [3.8, 4) is 0 Å². The van der Waals surface area contributed by atoms with Crippen LogP contribution < -0.4 is 10.6 Å². The van der Waals surface area contributed by atoms with Gasteiger partial charge in [0, 0.05) is 31.7 Å². The van der Waals surface area contributed by atoms with E-state index in [1.165, 1.54) is 4.31 Å². The SMILES string of the molecule is Cc1ccc(S(=O)(=O)N2CCN([C@H](C)C(=O)NC(=O)NC(C)(C)C)CC2)cc1. The van der Waals surface area contributed by atoms with Crippen molar-refractivity contribution in [1.82, 2.24) is 19.8 Å². The third-order valence-corrected chi connectivity index (χ3v) is 6.50. The van der Waals surface area contributed by atoms with Gasteiger partial charge in [-0.2, -0.15) is 4.31 Å². The van der Waals surface area contributed by atoms with Gasteiger partial charge in [0.2, 0.25) is 15.9 Å². The zero-order valence-corrected chi connectivity index (χ0v) is 18.0. The van der Waals surface area contributed by atoms with Crippen LogP contribution >= 0.6 is 0 Å². The van der Waals surface area contributed by atoms with Crippen molar-refractivity contribution >= 4 is 22.0 Å². The summed E-state index contributed by atoms with van der Waals surface area (Å²) in [5, 5.41) is 5.02. The molecule has 0 unspecified atom stereocenters. The fourth-order valence-electron chi connectivity index (χ4n) is 2.94. The average Bonchev–Trinajstić information content (AvgIpc) is 2.59. The molecule has 1 heterocycles. The maximum Gasteiger partial charge on any atom is 0.321 e. The first kappa shape index (κ1) is 22.3. The Labute approximate surface area is 167 Å². The molecule has 3 amide bonds. The minimum Gasteiger partial charge on any atom is -0.333 e. The van der Waals surface area contributed by atoms with Gasteiger partial charge in [-0.25, -0.2) is 13.2 Å². The fourth-order valence-corrected chi connectivity index (χ4v) is 4.37. The van der Waals surface area contributed by atoms with Gasteiger partial charge in [0.05, 0.1) is 10.9 Å². The first-order chi connectivity index (χ1) is 12.9. The minimum absolute atomic E-state index is 0.274. The molecule has 1 aliphatic heterocycles. The second-order valence-electron chi connectivity index (χ2n) is 8.12. The predicted octanol–water partition coefficient (Wildman–Crippen LogP) is 1.31. The zero-order chi connectivity index (χ0) is 21.1. The molecule has 8 nitrogen and oxygen atoms in total. The molecule has 0 aromatic heterocycles. The van der Waals surface area contributed by atoms with E-state index in [1.54, 1.807) is 31.2 Å². The van der Waals surface area contributed by atoms with Gasteiger partial charge in [-0.15, -0.1) is 0 Å². The number of nitrogens with one attached hydrogen (secondary N) is 2. The van der Waals surface area contributed by atoms with Crippen LogP contribution in [-0.2, 0) is 14.8 Å². The summed E-state index contributed by atoms with van der Waals surface area (Å²) in [6.07, 6.45) is 0. The zero-order valence-electron chi connectivity index (χ0n) is 17.2. The lowest BCUT2D eigenvalue weighted by Crippen LogP contribution is -2.57. The Morgan fingerprint density at radius 3 is 2.07 bits per heavy atom. The number of carbonyl (C=O) groups excluding carboxylic acids is 2. The Morgan fingerprint density at radius 1 is 1.04 bits per heavy atom.